The summed E-state index contributed by atoms with van der Waals surface area (Å²) in [5.41, 5.74) is 10.2. The van der Waals surface area contributed by atoms with E-state index in [4.69, 9.17) is 10.8 Å². The number of benzene rings is 1. The summed E-state index contributed by atoms with van der Waals surface area (Å²) in [6.45, 7) is 0. The lowest BCUT2D eigenvalue weighted by Crippen LogP contribution is -2.25. The van der Waals surface area contributed by atoms with Crippen molar-refractivity contribution in [2.45, 2.75) is 19.3 Å². The number of pyridine rings is 1. The molecule has 4 rings (SSSR count). The van der Waals surface area contributed by atoms with Gasteiger partial charge in [-0.2, -0.15) is 0 Å². The van der Waals surface area contributed by atoms with Crippen molar-refractivity contribution in [1.29, 1.82) is 0 Å². The second-order valence-electron chi connectivity index (χ2n) is 6.35. The molecule has 6 heteroatoms. The quantitative estimate of drug-likeness (QED) is 0.695. The SMILES string of the molecule is Nc1ccccc1/C=C1/CCCc2c1nc1ccc(C(=O)O)cn1c2=O. The molecule has 26 heavy (non-hydrogen) atoms. The van der Waals surface area contributed by atoms with E-state index >= 15 is 0 Å². The van der Waals surface area contributed by atoms with Crippen LogP contribution in [0.5, 0.6) is 0 Å². The van der Waals surface area contributed by atoms with Crippen LogP contribution in [0.4, 0.5) is 5.69 Å². The van der Waals surface area contributed by atoms with Crippen molar-refractivity contribution in [3.8, 4) is 0 Å². The molecule has 130 valence electrons. The predicted molar refractivity (Wildman–Crippen MR) is 100 cm³/mol. The van der Waals surface area contributed by atoms with Crippen LogP contribution in [-0.4, -0.2) is 20.5 Å². The molecule has 0 bridgehead atoms. The Hall–Kier alpha value is -3.41. The number of hydrogen-bond donors (Lipinski definition) is 2. The number of fused-ring (bicyclic) bond motifs is 2. The van der Waals surface area contributed by atoms with Gasteiger partial charge in [0.05, 0.1) is 11.3 Å². The Bertz CT molecular complexity index is 1130. The number of carbonyl (C=O) groups is 1. The molecule has 2 aromatic heterocycles. The van der Waals surface area contributed by atoms with E-state index in [0.717, 1.165) is 24.0 Å². The normalized spacial score (nSPS) is 15.2. The number of nitrogen functional groups attached to an aromatic ring is 1. The van der Waals surface area contributed by atoms with E-state index in [1.165, 1.54) is 16.7 Å². The summed E-state index contributed by atoms with van der Waals surface area (Å²) in [7, 11) is 0. The number of aromatic carboxylic acids is 1. The third-order valence-corrected chi connectivity index (χ3v) is 4.67. The highest BCUT2D eigenvalue weighted by Gasteiger charge is 2.21. The van der Waals surface area contributed by atoms with E-state index in [1.807, 2.05) is 30.3 Å². The van der Waals surface area contributed by atoms with Gasteiger partial charge in [0, 0.05) is 17.4 Å². The molecule has 3 N–H and O–H groups in total. The van der Waals surface area contributed by atoms with E-state index in [1.54, 1.807) is 6.07 Å². The molecule has 0 radical (unpaired) electrons. The summed E-state index contributed by atoms with van der Waals surface area (Å²) in [4.78, 5) is 28.7. The Morgan fingerprint density at radius 1 is 1.19 bits per heavy atom. The number of anilines is 1. The van der Waals surface area contributed by atoms with Gasteiger partial charge in [-0.1, -0.05) is 18.2 Å². The molecule has 0 atom stereocenters. The van der Waals surface area contributed by atoms with Gasteiger partial charge in [0.15, 0.2) is 0 Å². The molecule has 0 amide bonds. The standard InChI is InChI=1S/C20H17N3O3/c21-16-7-2-1-4-12(16)10-13-5-3-6-15-18(13)22-17-9-8-14(20(25)26)11-23(17)19(15)24/h1-2,4,7-11H,3,5-6,21H2,(H,25,26)/b13-10-. The highest BCUT2D eigenvalue weighted by molar-refractivity contribution is 5.88. The number of aromatic nitrogens is 2. The van der Waals surface area contributed by atoms with Crippen LogP contribution < -0.4 is 11.3 Å². The van der Waals surface area contributed by atoms with E-state index in [0.29, 0.717) is 29.0 Å². The fourth-order valence-electron chi connectivity index (χ4n) is 3.34. The second kappa shape index (κ2) is 6.15. The first-order valence-corrected chi connectivity index (χ1v) is 8.38. The summed E-state index contributed by atoms with van der Waals surface area (Å²) in [6.07, 6.45) is 5.61. The van der Waals surface area contributed by atoms with Gasteiger partial charge in [-0.3, -0.25) is 9.20 Å². The number of allylic oxidation sites excluding steroid dienone is 1. The van der Waals surface area contributed by atoms with Crippen molar-refractivity contribution in [2.24, 2.45) is 0 Å². The van der Waals surface area contributed by atoms with Crippen LogP contribution in [0.1, 0.15) is 40.0 Å². The molecule has 3 aromatic rings. The molecular weight excluding hydrogens is 330 g/mol. The van der Waals surface area contributed by atoms with Crippen molar-refractivity contribution in [2.75, 3.05) is 5.73 Å². The average Bonchev–Trinajstić information content (AvgIpc) is 2.64. The summed E-state index contributed by atoms with van der Waals surface area (Å²) in [5, 5.41) is 9.15. The van der Waals surface area contributed by atoms with Crippen molar-refractivity contribution in [3.63, 3.8) is 0 Å². The molecule has 0 spiro atoms. The van der Waals surface area contributed by atoms with E-state index in [2.05, 4.69) is 4.98 Å². The maximum absolute atomic E-state index is 12.9. The number of hydrogen-bond acceptors (Lipinski definition) is 4. The largest absolute Gasteiger partial charge is 0.478 e. The Labute approximate surface area is 149 Å². The van der Waals surface area contributed by atoms with Crippen LogP contribution in [0.25, 0.3) is 17.3 Å². The highest BCUT2D eigenvalue weighted by Crippen LogP contribution is 2.30. The van der Waals surface area contributed by atoms with Gasteiger partial charge in [0.1, 0.15) is 5.65 Å². The lowest BCUT2D eigenvalue weighted by molar-refractivity contribution is 0.0696. The second-order valence-corrected chi connectivity index (χ2v) is 6.35. The topological polar surface area (TPSA) is 97.7 Å². The minimum Gasteiger partial charge on any atom is -0.478 e. The number of carboxylic acid groups (broad SMARTS) is 1. The molecule has 2 heterocycles. The van der Waals surface area contributed by atoms with Gasteiger partial charge < -0.3 is 10.8 Å². The number of para-hydroxylation sites is 1. The smallest absolute Gasteiger partial charge is 0.337 e. The van der Waals surface area contributed by atoms with Crippen LogP contribution in [0.2, 0.25) is 0 Å². The minimum atomic E-state index is -1.07. The van der Waals surface area contributed by atoms with Crippen LogP contribution in [-0.2, 0) is 6.42 Å². The zero-order valence-electron chi connectivity index (χ0n) is 14.0. The van der Waals surface area contributed by atoms with Gasteiger partial charge in [-0.05, 0) is 54.7 Å². The van der Waals surface area contributed by atoms with Crippen molar-refractivity contribution < 1.29 is 9.90 Å². The maximum Gasteiger partial charge on any atom is 0.337 e. The van der Waals surface area contributed by atoms with Crippen molar-refractivity contribution >= 4 is 29.0 Å². The molecular formula is C20H17N3O3. The van der Waals surface area contributed by atoms with Gasteiger partial charge in [-0.15, -0.1) is 0 Å². The van der Waals surface area contributed by atoms with Crippen LogP contribution in [0.15, 0.2) is 47.4 Å². The number of rotatable bonds is 2. The molecule has 0 saturated carbocycles. The van der Waals surface area contributed by atoms with Gasteiger partial charge in [0.2, 0.25) is 0 Å². The zero-order chi connectivity index (χ0) is 18.3. The van der Waals surface area contributed by atoms with Gasteiger partial charge in [-0.25, -0.2) is 9.78 Å². The molecule has 0 aliphatic heterocycles. The fraction of sp³-hybridized carbons (Fsp3) is 0.150. The Kier molecular flexibility index (Phi) is 3.80. The van der Waals surface area contributed by atoms with E-state index in [-0.39, 0.29) is 11.1 Å². The summed E-state index contributed by atoms with van der Waals surface area (Å²) in [6, 6.07) is 10.6. The third kappa shape index (κ3) is 2.65. The first kappa shape index (κ1) is 16.1. The van der Waals surface area contributed by atoms with E-state index in [9.17, 15) is 9.59 Å². The van der Waals surface area contributed by atoms with Crippen molar-refractivity contribution in [1.82, 2.24) is 9.38 Å². The zero-order valence-corrected chi connectivity index (χ0v) is 14.0. The maximum atomic E-state index is 12.9. The first-order chi connectivity index (χ1) is 12.5. The molecule has 0 unspecified atom stereocenters. The Balaban J connectivity index is 1.93. The highest BCUT2D eigenvalue weighted by atomic mass is 16.4. The summed E-state index contributed by atoms with van der Waals surface area (Å²) >= 11 is 0. The lowest BCUT2D eigenvalue weighted by Gasteiger charge is -2.19. The third-order valence-electron chi connectivity index (χ3n) is 4.67. The van der Waals surface area contributed by atoms with Gasteiger partial charge >= 0.3 is 5.97 Å². The monoisotopic (exact) mass is 347 g/mol. The molecule has 0 fully saturated rings. The average molecular weight is 347 g/mol. The van der Waals surface area contributed by atoms with E-state index < -0.39 is 5.97 Å². The summed E-state index contributed by atoms with van der Waals surface area (Å²) < 4.78 is 1.32. The number of carboxylic acids is 1. The lowest BCUT2D eigenvalue weighted by atomic mass is 9.90. The minimum absolute atomic E-state index is 0.0602. The predicted octanol–water partition coefficient (Wildman–Crippen LogP) is 2.85. The molecule has 6 nitrogen and oxygen atoms in total. The first-order valence-electron chi connectivity index (χ1n) is 8.38. The molecule has 0 saturated heterocycles. The van der Waals surface area contributed by atoms with Crippen LogP contribution >= 0.6 is 0 Å². The van der Waals surface area contributed by atoms with Gasteiger partial charge in [0.25, 0.3) is 5.56 Å². The number of nitrogens with two attached hydrogens (primary N) is 1. The molecule has 1 aliphatic rings. The van der Waals surface area contributed by atoms with Crippen LogP contribution in [0.3, 0.4) is 0 Å². The summed E-state index contributed by atoms with van der Waals surface area (Å²) in [5.74, 6) is -1.07. The Morgan fingerprint density at radius 2 is 2.00 bits per heavy atom. The fourth-order valence-corrected chi connectivity index (χ4v) is 3.34. The molecule has 1 aromatic carbocycles. The van der Waals surface area contributed by atoms with Crippen LogP contribution in [0, 0.1) is 0 Å². The Morgan fingerprint density at radius 3 is 2.77 bits per heavy atom. The number of nitrogens with zero attached hydrogens (tertiary/aromatic N) is 2. The molecule has 1 aliphatic carbocycles. The van der Waals surface area contributed by atoms with Crippen molar-refractivity contribution in [3.05, 3.63) is 75.3 Å².